The summed E-state index contributed by atoms with van der Waals surface area (Å²) in [7, 11) is -13.4. The Hall–Kier alpha value is -3.41. The average Bonchev–Trinajstić information content (AvgIpc) is 3.35. The van der Waals surface area contributed by atoms with Gasteiger partial charge in [0.15, 0.2) is 5.71 Å². The van der Waals surface area contributed by atoms with Crippen LogP contribution in [0.2, 0.25) is 0 Å². The molecule has 13 nitrogen and oxygen atoms in total. The number of para-hydroxylation sites is 1. The highest BCUT2D eigenvalue weighted by Crippen LogP contribution is 2.53. The highest BCUT2D eigenvalue weighted by Gasteiger charge is 2.47. The number of anilines is 1. The molecule has 2 aromatic rings. The van der Waals surface area contributed by atoms with Crippen LogP contribution < -0.4 is 4.90 Å². The van der Waals surface area contributed by atoms with Crippen molar-refractivity contribution in [1.82, 2.24) is 0 Å². The number of carboxylic acids is 1. The first-order valence-corrected chi connectivity index (χ1v) is 20.9. The van der Waals surface area contributed by atoms with Gasteiger partial charge in [-0.1, -0.05) is 43.2 Å². The molecule has 2 aliphatic rings. The second kappa shape index (κ2) is 15.1. The summed E-state index contributed by atoms with van der Waals surface area (Å²) in [5, 5.41) is 9.10. The van der Waals surface area contributed by atoms with Crippen LogP contribution in [0, 0.1) is 0 Å². The molecular weight excluding hydrogens is 709 g/mol. The Morgan fingerprint density at radius 2 is 1.60 bits per heavy atom. The SMILES string of the molecule is CC1(C)C(/C=C/C=C2/N(CCCS(=O)(=O)[O-])c3cccc(S(=O)(=O)O)c3C2(C)CCCCCC(=O)O)=[N+](CCCS(=O)(=O)O)c2ccccc21. The van der Waals surface area contributed by atoms with Gasteiger partial charge in [0.25, 0.3) is 20.2 Å². The minimum Gasteiger partial charge on any atom is -0.748 e. The van der Waals surface area contributed by atoms with E-state index < -0.39 is 58.7 Å². The fraction of sp³-hybridized carbons (Fsp3) is 0.471. The first-order valence-electron chi connectivity index (χ1n) is 16.3. The summed E-state index contributed by atoms with van der Waals surface area (Å²) in [5.41, 5.74) is 2.51. The van der Waals surface area contributed by atoms with E-state index in [4.69, 9.17) is 5.11 Å². The summed E-state index contributed by atoms with van der Waals surface area (Å²) >= 11 is 0. The lowest BCUT2D eigenvalue weighted by molar-refractivity contribution is -0.437. The molecule has 0 radical (unpaired) electrons. The Morgan fingerprint density at radius 3 is 2.24 bits per heavy atom. The third-order valence-electron chi connectivity index (χ3n) is 9.42. The maximum atomic E-state index is 12.7. The number of unbranched alkanes of at least 4 members (excludes halogenated alkanes) is 2. The number of rotatable bonds is 17. The number of carbonyl (C=O) groups is 1. The van der Waals surface area contributed by atoms with Crippen molar-refractivity contribution >= 4 is 53.4 Å². The molecule has 0 bridgehead atoms. The smallest absolute Gasteiger partial charge is 0.303 e. The Balaban J connectivity index is 1.85. The van der Waals surface area contributed by atoms with Gasteiger partial charge in [-0.05, 0) is 58.2 Å². The number of benzene rings is 2. The van der Waals surface area contributed by atoms with Gasteiger partial charge in [0.2, 0.25) is 5.69 Å². The zero-order chi connectivity index (χ0) is 37.1. The van der Waals surface area contributed by atoms with Crippen LogP contribution in [0.3, 0.4) is 0 Å². The predicted octanol–water partition coefficient (Wildman–Crippen LogP) is 4.78. The van der Waals surface area contributed by atoms with Crippen LogP contribution in [0.4, 0.5) is 11.4 Å². The first kappa shape index (κ1) is 39.4. The van der Waals surface area contributed by atoms with Crippen molar-refractivity contribution in [3.05, 3.63) is 77.5 Å². The van der Waals surface area contributed by atoms with Gasteiger partial charge in [-0.25, -0.2) is 8.42 Å². The molecule has 0 amide bonds. The van der Waals surface area contributed by atoms with Gasteiger partial charge < -0.3 is 14.6 Å². The summed E-state index contributed by atoms with van der Waals surface area (Å²) in [4.78, 5) is 12.6. The normalized spacial score (nSPS) is 19.8. The Morgan fingerprint density at radius 1 is 0.900 bits per heavy atom. The maximum Gasteiger partial charge on any atom is 0.303 e. The van der Waals surface area contributed by atoms with Crippen LogP contribution in [0.5, 0.6) is 0 Å². The van der Waals surface area contributed by atoms with Gasteiger partial charge in [-0.3, -0.25) is 13.9 Å². The van der Waals surface area contributed by atoms with E-state index in [2.05, 4.69) is 0 Å². The molecule has 2 heterocycles. The highest BCUT2D eigenvalue weighted by molar-refractivity contribution is 7.86. The third kappa shape index (κ3) is 9.08. The molecule has 0 fully saturated rings. The minimum absolute atomic E-state index is 0.0255. The molecule has 4 rings (SSSR count). The fourth-order valence-electron chi connectivity index (χ4n) is 7.19. The lowest BCUT2D eigenvalue weighted by Crippen LogP contribution is -2.31. The maximum absolute atomic E-state index is 12.7. The summed E-state index contributed by atoms with van der Waals surface area (Å²) < 4.78 is 105. The van der Waals surface area contributed by atoms with E-state index in [1.54, 1.807) is 23.1 Å². The zero-order valence-corrected chi connectivity index (χ0v) is 30.7. The fourth-order valence-corrected chi connectivity index (χ4v) is 9.00. The minimum atomic E-state index is -4.71. The van der Waals surface area contributed by atoms with Gasteiger partial charge in [-0.2, -0.15) is 21.4 Å². The topological polar surface area (TPSA) is 209 Å². The number of nitrogens with zero attached hydrogens (tertiary/aromatic N) is 2. The monoisotopic (exact) mass is 752 g/mol. The molecular formula is C34H44N2O11S3. The van der Waals surface area contributed by atoms with Crippen molar-refractivity contribution in [3.8, 4) is 0 Å². The van der Waals surface area contributed by atoms with Gasteiger partial charge in [0.05, 0.1) is 21.3 Å². The van der Waals surface area contributed by atoms with E-state index in [0.29, 0.717) is 49.2 Å². The molecule has 16 heteroatoms. The molecule has 0 saturated carbocycles. The second-order valence-corrected chi connectivity index (χ2v) is 17.9. The molecule has 1 atom stereocenters. The molecule has 274 valence electrons. The number of allylic oxidation sites excluding steroid dienone is 4. The van der Waals surface area contributed by atoms with Gasteiger partial charge >= 0.3 is 5.97 Å². The Labute approximate surface area is 294 Å². The van der Waals surface area contributed by atoms with Crippen LogP contribution in [0.25, 0.3) is 0 Å². The Bertz CT molecular complexity index is 2050. The molecule has 2 aromatic carbocycles. The molecule has 2 aliphatic heterocycles. The molecule has 3 N–H and O–H groups in total. The van der Waals surface area contributed by atoms with Crippen LogP contribution in [0.15, 0.2) is 71.3 Å². The lowest BCUT2D eigenvalue weighted by Gasteiger charge is -2.31. The summed E-state index contributed by atoms with van der Waals surface area (Å²) in [6, 6.07) is 12.2. The van der Waals surface area contributed by atoms with E-state index in [1.807, 2.05) is 55.7 Å². The summed E-state index contributed by atoms with van der Waals surface area (Å²) in [5.74, 6) is -1.99. The number of fused-ring (bicyclic) bond motifs is 2. The molecule has 50 heavy (non-hydrogen) atoms. The van der Waals surface area contributed by atoms with Crippen LogP contribution in [0.1, 0.15) is 76.8 Å². The quantitative estimate of drug-likeness (QED) is 0.113. The standard InChI is InChI=1S/C34H44N2O11S3/c1-33(2)25-13-6-7-14-26(25)35(21-11-23-48(39,40)41)29(33)17-10-18-30-34(3,20-8-4-5-19-31(37)38)32-27(15-9-16-28(32)50(45,46)47)36(30)22-12-24-49(42,43)44/h6-7,9-10,13-18H,4-5,8,11-12,19-24H2,1-3H3,(H3-,37,38,39,40,41,42,43,44,45,46,47). The van der Waals surface area contributed by atoms with Crippen LogP contribution in [-0.4, -0.2) is 84.9 Å². The lowest BCUT2D eigenvalue weighted by atomic mass is 9.76. The van der Waals surface area contributed by atoms with E-state index in [0.717, 1.165) is 17.0 Å². The van der Waals surface area contributed by atoms with Crippen LogP contribution in [-0.2, 0) is 46.0 Å². The van der Waals surface area contributed by atoms with Crippen molar-refractivity contribution in [1.29, 1.82) is 0 Å². The van der Waals surface area contributed by atoms with Crippen LogP contribution >= 0.6 is 0 Å². The van der Waals surface area contributed by atoms with Crippen molar-refractivity contribution in [2.24, 2.45) is 0 Å². The number of hydrogen-bond donors (Lipinski definition) is 3. The zero-order valence-electron chi connectivity index (χ0n) is 28.3. The van der Waals surface area contributed by atoms with Crippen molar-refractivity contribution in [2.75, 3.05) is 29.5 Å². The van der Waals surface area contributed by atoms with Crippen molar-refractivity contribution < 1.29 is 53.4 Å². The molecule has 0 saturated heterocycles. The largest absolute Gasteiger partial charge is 0.748 e. The highest BCUT2D eigenvalue weighted by atomic mass is 32.2. The number of carboxylic acid groups (broad SMARTS) is 1. The Kier molecular flexibility index (Phi) is 11.9. The molecule has 0 spiro atoms. The molecule has 1 unspecified atom stereocenters. The van der Waals surface area contributed by atoms with E-state index >= 15 is 0 Å². The molecule has 0 aromatic heterocycles. The number of aliphatic carboxylic acids is 1. The molecule has 0 aliphatic carbocycles. The van der Waals surface area contributed by atoms with Gasteiger partial charge in [-0.15, -0.1) is 0 Å². The van der Waals surface area contributed by atoms with Gasteiger partial charge in [0.1, 0.15) is 11.4 Å². The average molecular weight is 753 g/mol. The summed E-state index contributed by atoms with van der Waals surface area (Å²) in [6.45, 7) is 6.23. The van der Waals surface area contributed by atoms with E-state index in [-0.39, 0.29) is 30.7 Å². The first-order chi connectivity index (χ1) is 23.2. The second-order valence-electron chi connectivity index (χ2n) is 13.4. The number of hydrogen-bond acceptors (Lipinski definition) is 9. The van der Waals surface area contributed by atoms with Gasteiger partial charge in [0, 0.05) is 65.2 Å². The predicted molar refractivity (Wildman–Crippen MR) is 188 cm³/mol. The summed E-state index contributed by atoms with van der Waals surface area (Å²) in [6.07, 6.45) is 7.33. The van der Waals surface area contributed by atoms with Crippen molar-refractivity contribution in [3.63, 3.8) is 0 Å². The van der Waals surface area contributed by atoms with Crippen molar-refractivity contribution in [2.45, 2.75) is 81.4 Å². The van der Waals surface area contributed by atoms with E-state index in [1.165, 1.54) is 12.1 Å². The third-order valence-corrected chi connectivity index (χ3v) is 11.9. The van der Waals surface area contributed by atoms with E-state index in [9.17, 15) is 43.7 Å².